The van der Waals surface area contributed by atoms with Crippen LogP contribution >= 0.6 is 11.8 Å². The first-order valence-electron chi connectivity index (χ1n) is 10.9. The van der Waals surface area contributed by atoms with Crippen molar-refractivity contribution in [3.8, 4) is 11.5 Å². The minimum absolute atomic E-state index is 0.812. The maximum absolute atomic E-state index is 5.61. The van der Waals surface area contributed by atoms with Gasteiger partial charge in [0, 0.05) is 43.6 Å². The van der Waals surface area contributed by atoms with Gasteiger partial charge in [-0.15, -0.1) is 0 Å². The van der Waals surface area contributed by atoms with Crippen molar-refractivity contribution in [2.45, 2.75) is 23.8 Å². The minimum atomic E-state index is 0.812. The summed E-state index contributed by atoms with van der Waals surface area (Å²) in [5.74, 6) is 2.58. The Hall–Kier alpha value is -2.22. The monoisotopic (exact) mass is 440 g/mol. The van der Waals surface area contributed by atoms with Gasteiger partial charge in [0.2, 0.25) is 0 Å². The summed E-state index contributed by atoms with van der Waals surface area (Å²) in [5, 5.41) is 0.908. The number of methoxy groups -OCH3 is 2. The summed E-state index contributed by atoms with van der Waals surface area (Å²) in [6, 6.07) is 12.5. The third-order valence-corrected chi connectivity index (χ3v) is 6.83. The van der Waals surface area contributed by atoms with Gasteiger partial charge in [-0.3, -0.25) is 0 Å². The molecular formula is C24H32N4O2S. The maximum Gasteiger partial charge on any atom is 0.166 e. The van der Waals surface area contributed by atoms with Crippen LogP contribution in [-0.2, 0) is 12.2 Å². The van der Waals surface area contributed by atoms with E-state index in [1.54, 1.807) is 26.0 Å². The van der Waals surface area contributed by atoms with Crippen molar-refractivity contribution in [2.24, 2.45) is 0 Å². The Balaban J connectivity index is 1.36. The third kappa shape index (κ3) is 5.73. The van der Waals surface area contributed by atoms with Gasteiger partial charge in [0.05, 0.1) is 25.3 Å². The lowest BCUT2D eigenvalue weighted by molar-refractivity contribution is 0.153. The number of likely N-dealkylation sites (N-methyl/N-ethyl adjacent to an activating group) is 1. The Morgan fingerprint density at radius 2 is 1.87 bits per heavy atom. The quantitative estimate of drug-likeness (QED) is 0.507. The number of nitrogens with zero attached hydrogens (tertiary/aromatic N) is 3. The summed E-state index contributed by atoms with van der Waals surface area (Å²) in [4.78, 5) is 13.1. The van der Waals surface area contributed by atoms with Crippen molar-refractivity contribution in [3.63, 3.8) is 0 Å². The predicted octanol–water partition coefficient (Wildman–Crippen LogP) is 4.05. The molecule has 0 aliphatic carbocycles. The summed E-state index contributed by atoms with van der Waals surface area (Å²) in [7, 11) is 5.62. The number of fused-ring (bicyclic) bond motifs is 1. The molecule has 2 aromatic carbocycles. The first kappa shape index (κ1) is 22.0. The van der Waals surface area contributed by atoms with Crippen LogP contribution in [-0.4, -0.2) is 73.8 Å². The Morgan fingerprint density at radius 3 is 2.65 bits per heavy atom. The Morgan fingerprint density at radius 1 is 1.03 bits per heavy atom. The molecule has 1 N–H and O–H groups in total. The van der Waals surface area contributed by atoms with Crippen LogP contribution in [0.1, 0.15) is 17.5 Å². The Bertz CT molecular complexity index is 998. The number of piperazine rings is 1. The molecule has 2 heterocycles. The molecule has 0 bridgehead atoms. The molecule has 7 heteroatoms. The van der Waals surface area contributed by atoms with Crippen molar-refractivity contribution in [3.05, 3.63) is 47.5 Å². The number of imidazole rings is 1. The maximum atomic E-state index is 5.61. The predicted molar refractivity (Wildman–Crippen MR) is 127 cm³/mol. The van der Waals surface area contributed by atoms with Gasteiger partial charge in [0.1, 0.15) is 11.5 Å². The first-order valence-corrected chi connectivity index (χ1v) is 11.9. The van der Waals surface area contributed by atoms with Gasteiger partial charge < -0.3 is 24.3 Å². The molecule has 0 saturated carbocycles. The normalized spacial score (nSPS) is 15.5. The summed E-state index contributed by atoms with van der Waals surface area (Å²) >= 11 is 1.70. The fourth-order valence-corrected chi connectivity index (χ4v) is 4.85. The number of hydrogen-bond donors (Lipinski definition) is 1. The van der Waals surface area contributed by atoms with Gasteiger partial charge in [-0.1, -0.05) is 23.9 Å². The highest BCUT2D eigenvalue weighted by Gasteiger charge is 2.13. The summed E-state index contributed by atoms with van der Waals surface area (Å²) in [5.41, 5.74) is 4.53. The zero-order valence-electron chi connectivity index (χ0n) is 18.7. The number of aromatic nitrogens is 2. The highest BCUT2D eigenvalue weighted by atomic mass is 32.2. The molecule has 0 unspecified atom stereocenters. The third-order valence-electron chi connectivity index (χ3n) is 5.91. The smallest absolute Gasteiger partial charge is 0.166 e. The molecule has 6 nitrogen and oxygen atoms in total. The molecule has 3 aromatic rings. The molecule has 0 amide bonds. The SMILES string of the molecule is COc1ccc2nc(SCc3cc(CCCN4CCN(C)CC4)ccc3OC)[nH]c2c1. The van der Waals surface area contributed by atoms with E-state index in [-0.39, 0.29) is 0 Å². The fourth-order valence-electron chi connectivity index (χ4n) is 3.99. The van der Waals surface area contributed by atoms with Crippen molar-refractivity contribution in [1.29, 1.82) is 0 Å². The van der Waals surface area contributed by atoms with Crippen LogP contribution < -0.4 is 9.47 Å². The molecule has 0 atom stereocenters. The van der Waals surface area contributed by atoms with Crippen LogP contribution in [0.5, 0.6) is 11.5 Å². The lowest BCUT2D eigenvalue weighted by Gasteiger charge is -2.32. The van der Waals surface area contributed by atoms with Crippen molar-refractivity contribution < 1.29 is 9.47 Å². The zero-order valence-corrected chi connectivity index (χ0v) is 19.5. The second kappa shape index (κ2) is 10.4. The first-order chi connectivity index (χ1) is 15.1. The van der Waals surface area contributed by atoms with Crippen molar-refractivity contribution in [1.82, 2.24) is 19.8 Å². The number of thioether (sulfide) groups is 1. The molecular weight excluding hydrogens is 408 g/mol. The molecule has 166 valence electrons. The number of ether oxygens (including phenoxy) is 2. The number of benzene rings is 2. The van der Waals surface area contributed by atoms with E-state index in [0.717, 1.165) is 39.9 Å². The van der Waals surface area contributed by atoms with Crippen LogP contribution in [0.3, 0.4) is 0 Å². The lowest BCUT2D eigenvalue weighted by atomic mass is 10.1. The van der Waals surface area contributed by atoms with E-state index in [2.05, 4.69) is 45.0 Å². The second-order valence-electron chi connectivity index (χ2n) is 8.11. The fraction of sp³-hybridized carbons (Fsp3) is 0.458. The van der Waals surface area contributed by atoms with Crippen LogP contribution in [0.25, 0.3) is 11.0 Å². The van der Waals surface area contributed by atoms with E-state index in [9.17, 15) is 0 Å². The number of rotatable bonds is 9. The van der Waals surface area contributed by atoms with E-state index in [1.165, 1.54) is 50.3 Å². The van der Waals surface area contributed by atoms with Gasteiger partial charge >= 0.3 is 0 Å². The average molecular weight is 441 g/mol. The Kier molecular flexibility index (Phi) is 7.37. The van der Waals surface area contributed by atoms with Gasteiger partial charge in [0.15, 0.2) is 5.16 Å². The highest BCUT2D eigenvalue weighted by molar-refractivity contribution is 7.98. The van der Waals surface area contributed by atoms with Crippen LogP contribution in [0, 0.1) is 0 Å². The highest BCUT2D eigenvalue weighted by Crippen LogP contribution is 2.30. The van der Waals surface area contributed by atoms with Gasteiger partial charge in [-0.05, 0) is 50.2 Å². The molecule has 0 spiro atoms. The van der Waals surface area contributed by atoms with E-state index in [4.69, 9.17) is 9.47 Å². The minimum Gasteiger partial charge on any atom is -0.497 e. The zero-order chi connectivity index (χ0) is 21.6. The summed E-state index contributed by atoms with van der Waals surface area (Å²) < 4.78 is 10.9. The molecule has 1 aliphatic heterocycles. The van der Waals surface area contributed by atoms with E-state index < -0.39 is 0 Å². The van der Waals surface area contributed by atoms with Gasteiger partial charge in [0.25, 0.3) is 0 Å². The number of nitrogens with one attached hydrogen (secondary N) is 1. The van der Waals surface area contributed by atoms with Crippen LogP contribution in [0.2, 0.25) is 0 Å². The van der Waals surface area contributed by atoms with Crippen molar-refractivity contribution >= 4 is 22.8 Å². The largest absolute Gasteiger partial charge is 0.497 e. The summed E-state index contributed by atoms with van der Waals surface area (Å²) in [6.07, 6.45) is 2.28. The number of aryl methyl sites for hydroxylation is 1. The molecule has 1 fully saturated rings. The molecule has 0 radical (unpaired) electrons. The van der Waals surface area contributed by atoms with E-state index >= 15 is 0 Å². The topological polar surface area (TPSA) is 53.6 Å². The number of H-pyrrole nitrogens is 1. The molecule has 4 rings (SSSR count). The molecule has 1 aromatic heterocycles. The van der Waals surface area contributed by atoms with Crippen LogP contribution in [0.15, 0.2) is 41.6 Å². The molecule has 31 heavy (non-hydrogen) atoms. The Labute approximate surface area is 188 Å². The van der Waals surface area contributed by atoms with E-state index in [0.29, 0.717) is 0 Å². The summed E-state index contributed by atoms with van der Waals surface area (Å²) in [6.45, 7) is 5.90. The molecule has 1 aliphatic rings. The van der Waals surface area contributed by atoms with E-state index in [1.807, 2.05) is 18.2 Å². The van der Waals surface area contributed by atoms with Crippen molar-refractivity contribution in [2.75, 3.05) is 54.0 Å². The van der Waals surface area contributed by atoms with Gasteiger partial charge in [-0.25, -0.2) is 4.98 Å². The molecule has 1 saturated heterocycles. The standard InChI is InChI=1S/C24H32N4O2S/c1-27-11-13-28(14-12-27)10-4-5-18-6-9-23(30-3)19(15-18)17-31-24-25-21-8-7-20(29-2)16-22(21)26-24/h6-9,15-16H,4-5,10-14,17H2,1-3H3,(H,25,26). The van der Waals surface area contributed by atoms with Crippen LogP contribution in [0.4, 0.5) is 0 Å². The lowest BCUT2D eigenvalue weighted by Crippen LogP contribution is -2.44. The average Bonchev–Trinajstić information content (AvgIpc) is 3.21. The number of hydrogen-bond acceptors (Lipinski definition) is 6. The number of aromatic amines is 1. The van der Waals surface area contributed by atoms with Gasteiger partial charge in [-0.2, -0.15) is 0 Å². The second-order valence-corrected chi connectivity index (χ2v) is 9.07.